The van der Waals surface area contributed by atoms with Crippen molar-refractivity contribution in [2.45, 2.75) is 26.7 Å². The predicted molar refractivity (Wildman–Crippen MR) is 41.9 cm³/mol. The fraction of sp³-hybridized carbons (Fsp3) is 0.833. The van der Waals surface area contributed by atoms with E-state index in [0.717, 1.165) is 6.42 Å². The molecule has 0 amide bonds. The molecule has 0 rings (SSSR count). The fourth-order valence-corrected chi connectivity index (χ4v) is 0.318. The van der Waals surface area contributed by atoms with Crippen LogP contribution in [0.2, 0.25) is 0 Å². The Morgan fingerprint density at radius 2 is 2.00 bits per heavy atom. The predicted octanol–water partition coefficient (Wildman–Crippen LogP) is 1.46. The van der Waals surface area contributed by atoms with Crippen LogP contribution >= 0.6 is 13.5 Å². The summed E-state index contributed by atoms with van der Waals surface area (Å²) in [6, 6.07) is 0. The summed E-state index contributed by atoms with van der Waals surface area (Å²) in [5.41, 5.74) is 0. The van der Waals surface area contributed by atoms with Gasteiger partial charge in [0.15, 0.2) is 0 Å². The maximum absolute atomic E-state index is 10.3. The second-order valence-corrected chi connectivity index (χ2v) is 1.57. The van der Waals surface area contributed by atoms with Crippen LogP contribution in [0.1, 0.15) is 26.7 Å². The first-order valence-electron chi connectivity index (χ1n) is 2.96. The van der Waals surface area contributed by atoms with Crippen molar-refractivity contribution in [1.29, 1.82) is 0 Å². The molecule has 0 saturated heterocycles. The quantitative estimate of drug-likeness (QED) is 0.569. The SMILES string of the molecule is CCCOC(=O)CC.S. The Hall–Kier alpha value is -0.180. The summed E-state index contributed by atoms with van der Waals surface area (Å²) in [7, 11) is 0. The number of carbonyl (C=O) groups is 1. The van der Waals surface area contributed by atoms with E-state index in [1.807, 2.05) is 6.92 Å². The van der Waals surface area contributed by atoms with Gasteiger partial charge in [0.05, 0.1) is 6.61 Å². The van der Waals surface area contributed by atoms with Crippen molar-refractivity contribution in [3.8, 4) is 0 Å². The molecule has 56 valence electrons. The second kappa shape index (κ2) is 7.82. The van der Waals surface area contributed by atoms with Gasteiger partial charge in [0.1, 0.15) is 0 Å². The molecule has 0 aliphatic carbocycles. The zero-order valence-electron chi connectivity index (χ0n) is 5.94. The Kier molecular flexibility index (Phi) is 10.1. The molecule has 0 bridgehead atoms. The number of hydrogen-bond acceptors (Lipinski definition) is 2. The lowest BCUT2D eigenvalue weighted by atomic mass is 10.5. The van der Waals surface area contributed by atoms with Crippen molar-refractivity contribution in [2.75, 3.05) is 6.61 Å². The summed E-state index contributed by atoms with van der Waals surface area (Å²) < 4.78 is 4.70. The van der Waals surface area contributed by atoms with Crippen LogP contribution in [0, 0.1) is 0 Å². The van der Waals surface area contributed by atoms with E-state index in [1.165, 1.54) is 0 Å². The monoisotopic (exact) mass is 150 g/mol. The maximum atomic E-state index is 10.3. The molecule has 3 heteroatoms. The Morgan fingerprint density at radius 3 is 2.33 bits per heavy atom. The second-order valence-electron chi connectivity index (χ2n) is 1.57. The average Bonchev–Trinajstić information content (AvgIpc) is 1.83. The lowest BCUT2D eigenvalue weighted by Gasteiger charge is -1.97. The highest BCUT2D eigenvalue weighted by Gasteiger charge is 1.93. The summed E-state index contributed by atoms with van der Waals surface area (Å²) in [6.45, 7) is 4.33. The third-order valence-electron chi connectivity index (χ3n) is 0.756. The van der Waals surface area contributed by atoms with Crippen molar-refractivity contribution in [1.82, 2.24) is 0 Å². The minimum atomic E-state index is -0.105. The van der Waals surface area contributed by atoms with Gasteiger partial charge < -0.3 is 4.74 Å². The van der Waals surface area contributed by atoms with Crippen molar-refractivity contribution in [3.05, 3.63) is 0 Å². The zero-order chi connectivity index (χ0) is 6.41. The summed E-state index contributed by atoms with van der Waals surface area (Å²) in [4.78, 5) is 10.3. The van der Waals surface area contributed by atoms with Crippen molar-refractivity contribution in [2.24, 2.45) is 0 Å². The van der Waals surface area contributed by atoms with E-state index in [4.69, 9.17) is 4.74 Å². The summed E-state index contributed by atoms with van der Waals surface area (Å²) in [6.07, 6.45) is 1.39. The van der Waals surface area contributed by atoms with Crippen molar-refractivity contribution in [3.63, 3.8) is 0 Å². The third-order valence-corrected chi connectivity index (χ3v) is 0.756. The van der Waals surface area contributed by atoms with Crippen LogP contribution in [0.3, 0.4) is 0 Å². The summed E-state index contributed by atoms with van der Waals surface area (Å²) in [5.74, 6) is -0.105. The van der Waals surface area contributed by atoms with Gasteiger partial charge in [-0.15, -0.1) is 0 Å². The van der Waals surface area contributed by atoms with Crippen LogP contribution in [-0.2, 0) is 9.53 Å². The number of esters is 1. The molecular weight excluding hydrogens is 136 g/mol. The normalized spacial score (nSPS) is 7.78. The molecule has 0 heterocycles. The van der Waals surface area contributed by atoms with Gasteiger partial charge in [0.2, 0.25) is 0 Å². The standard InChI is InChI=1S/C6H12O2.H2S/c1-3-5-8-6(7)4-2;/h3-5H2,1-2H3;1H2. The molecule has 2 nitrogen and oxygen atoms in total. The van der Waals surface area contributed by atoms with Crippen LogP contribution < -0.4 is 0 Å². The molecule has 0 aliphatic heterocycles. The van der Waals surface area contributed by atoms with Crippen LogP contribution in [0.25, 0.3) is 0 Å². The van der Waals surface area contributed by atoms with Crippen LogP contribution in [0.5, 0.6) is 0 Å². The maximum Gasteiger partial charge on any atom is 0.305 e. The first kappa shape index (κ1) is 11.6. The summed E-state index contributed by atoms with van der Waals surface area (Å²) >= 11 is 0. The van der Waals surface area contributed by atoms with Gasteiger partial charge in [0, 0.05) is 6.42 Å². The largest absolute Gasteiger partial charge is 0.466 e. The van der Waals surface area contributed by atoms with E-state index < -0.39 is 0 Å². The van der Waals surface area contributed by atoms with E-state index in [0.29, 0.717) is 13.0 Å². The molecule has 0 fully saturated rings. The Morgan fingerprint density at radius 1 is 1.44 bits per heavy atom. The molecule has 0 unspecified atom stereocenters. The molecule has 0 spiro atoms. The fourth-order valence-electron chi connectivity index (χ4n) is 0.318. The van der Waals surface area contributed by atoms with Gasteiger partial charge in [-0.1, -0.05) is 13.8 Å². The molecular formula is C6H14O2S. The minimum absolute atomic E-state index is 0. The summed E-state index contributed by atoms with van der Waals surface area (Å²) in [5, 5.41) is 0. The molecule has 0 aromatic rings. The third kappa shape index (κ3) is 7.82. The highest BCUT2D eigenvalue weighted by atomic mass is 32.1. The highest BCUT2D eigenvalue weighted by Crippen LogP contribution is 1.85. The van der Waals surface area contributed by atoms with Gasteiger partial charge >= 0.3 is 5.97 Å². The zero-order valence-corrected chi connectivity index (χ0v) is 6.94. The van der Waals surface area contributed by atoms with Gasteiger partial charge in [-0.2, -0.15) is 13.5 Å². The number of carbonyl (C=O) groups excluding carboxylic acids is 1. The first-order valence-corrected chi connectivity index (χ1v) is 2.96. The molecule has 0 atom stereocenters. The minimum Gasteiger partial charge on any atom is -0.466 e. The highest BCUT2D eigenvalue weighted by molar-refractivity contribution is 7.59. The Labute approximate surface area is 63.0 Å². The Balaban J connectivity index is 0. The molecule has 0 aromatic heterocycles. The van der Waals surface area contributed by atoms with Crippen LogP contribution in [-0.4, -0.2) is 12.6 Å². The van der Waals surface area contributed by atoms with Crippen molar-refractivity contribution >= 4 is 19.5 Å². The van der Waals surface area contributed by atoms with Crippen LogP contribution in [0.4, 0.5) is 0 Å². The molecule has 0 radical (unpaired) electrons. The number of ether oxygens (including phenoxy) is 1. The van der Waals surface area contributed by atoms with E-state index in [-0.39, 0.29) is 19.5 Å². The van der Waals surface area contributed by atoms with E-state index in [2.05, 4.69) is 0 Å². The van der Waals surface area contributed by atoms with Gasteiger partial charge in [-0.25, -0.2) is 0 Å². The Bertz CT molecular complexity index is 73.5. The molecule has 0 N–H and O–H groups in total. The number of hydrogen-bond donors (Lipinski definition) is 0. The van der Waals surface area contributed by atoms with Crippen molar-refractivity contribution < 1.29 is 9.53 Å². The molecule has 0 aromatic carbocycles. The van der Waals surface area contributed by atoms with E-state index in [9.17, 15) is 4.79 Å². The van der Waals surface area contributed by atoms with E-state index in [1.54, 1.807) is 6.92 Å². The average molecular weight is 150 g/mol. The van der Waals surface area contributed by atoms with E-state index >= 15 is 0 Å². The molecule has 0 saturated carbocycles. The van der Waals surface area contributed by atoms with Crippen LogP contribution in [0.15, 0.2) is 0 Å². The molecule has 0 aliphatic rings. The van der Waals surface area contributed by atoms with Gasteiger partial charge in [-0.05, 0) is 6.42 Å². The van der Waals surface area contributed by atoms with Gasteiger partial charge in [0.25, 0.3) is 0 Å². The lowest BCUT2D eigenvalue weighted by Crippen LogP contribution is -2.02. The smallest absolute Gasteiger partial charge is 0.305 e. The topological polar surface area (TPSA) is 26.3 Å². The molecule has 9 heavy (non-hydrogen) atoms. The lowest BCUT2D eigenvalue weighted by molar-refractivity contribution is -0.143. The number of rotatable bonds is 3. The first-order chi connectivity index (χ1) is 3.81. The van der Waals surface area contributed by atoms with Gasteiger partial charge in [-0.3, -0.25) is 4.79 Å².